The van der Waals surface area contributed by atoms with Crippen molar-refractivity contribution >= 4 is 17.4 Å². The Morgan fingerprint density at radius 1 is 1.21 bits per heavy atom. The average Bonchev–Trinajstić information content (AvgIpc) is 2.85. The number of nitrogens with zero attached hydrogens (tertiary/aromatic N) is 5. The molecule has 3 rings (SSSR count). The van der Waals surface area contributed by atoms with Gasteiger partial charge in [0.1, 0.15) is 0 Å². The number of aromatic nitrogens is 5. The summed E-state index contributed by atoms with van der Waals surface area (Å²) in [5.74, 6) is 0. The molecule has 7 heteroatoms. The fourth-order valence-electron chi connectivity index (χ4n) is 1.66. The average molecular weight is 272 g/mol. The van der Waals surface area contributed by atoms with Crippen molar-refractivity contribution in [1.29, 1.82) is 0 Å². The first-order valence-electron chi connectivity index (χ1n) is 5.80. The van der Waals surface area contributed by atoms with E-state index in [1.54, 1.807) is 0 Å². The number of fused-ring (bicyclic) bond motifs is 1. The maximum absolute atomic E-state index is 4.31. The molecule has 1 N–H and O–H groups in total. The van der Waals surface area contributed by atoms with E-state index in [1.165, 1.54) is 11.8 Å². The molecular weight excluding hydrogens is 260 g/mol. The predicted octanol–water partition coefficient (Wildman–Crippen LogP) is 1.39. The Bertz CT molecular complexity index is 678. The van der Waals surface area contributed by atoms with Crippen LogP contribution in [0.1, 0.15) is 5.56 Å². The summed E-state index contributed by atoms with van der Waals surface area (Å²) in [7, 11) is 1.89. The highest BCUT2D eigenvalue weighted by atomic mass is 32.2. The Hall–Kier alpha value is -1.99. The third kappa shape index (κ3) is 2.56. The highest BCUT2D eigenvalue weighted by Crippen LogP contribution is 2.22. The molecule has 3 aromatic rings. The van der Waals surface area contributed by atoms with Crippen molar-refractivity contribution in [2.45, 2.75) is 16.9 Å². The molecule has 19 heavy (non-hydrogen) atoms. The predicted molar refractivity (Wildman–Crippen MR) is 71.9 cm³/mol. The second-order valence-electron chi connectivity index (χ2n) is 3.92. The lowest BCUT2D eigenvalue weighted by atomic mass is 10.3. The monoisotopic (exact) mass is 272 g/mol. The van der Waals surface area contributed by atoms with E-state index in [-0.39, 0.29) is 0 Å². The van der Waals surface area contributed by atoms with Gasteiger partial charge in [0.2, 0.25) is 5.16 Å². The van der Waals surface area contributed by atoms with Gasteiger partial charge in [0.05, 0.1) is 0 Å². The third-order valence-corrected chi connectivity index (χ3v) is 3.38. The smallest absolute Gasteiger partial charge is 0.203 e. The molecule has 0 aliphatic heterocycles. The minimum atomic E-state index is 0.665. The Labute approximate surface area is 114 Å². The lowest BCUT2D eigenvalue weighted by Gasteiger charge is -2.01. The Morgan fingerprint density at radius 2 is 2.05 bits per heavy atom. The molecule has 96 valence electrons. The van der Waals surface area contributed by atoms with E-state index >= 15 is 0 Å². The second-order valence-corrected chi connectivity index (χ2v) is 4.85. The zero-order valence-corrected chi connectivity index (χ0v) is 11.1. The minimum Gasteiger partial charge on any atom is -0.316 e. The molecule has 0 fully saturated rings. The molecule has 0 aromatic carbocycles. The minimum absolute atomic E-state index is 0.665. The quantitative estimate of drug-likeness (QED) is 0.724. The van der Waals surface area contributed by atoms with Crippen LogP contribution in [0.3, 0.4) is 0 Å². The summed E-state index contributed by atoms with van der Waals surface area (Å²) in [4.78, 5) is 8.62. The maximum atomic E-state index is 4.31. The summed E-state index contributed by atoms with van der Waals surface area (Å²) in [6, 6.07) is 5.78. The molecule has 0 atom stereocenters. The molecular formula is C12H12N6S. The van der Waals surface area contributed by atoms with Crippen LogP contribution >= 0.6 is 11.8 Å². The second kappa shape index (κ2) is 5.33. The lowest BCUT2D eigenvalue weighted by Crippen LogP contribution is -2.05. The van der Waals surface area contributed by atoms with Gasteiger partial charge in [0, 0.05) is 30.7 Å². The molecule has 0 spiro atoms. The van der Waals surface area contributed by atoms with Crippen LogP contribution in [0.2, 0.25) is 0 Å². The highest BCUT2D eigenvalue weighted by molar-refractivity contribution is 7.99. The van der Waals surface area contributed by atoms with Gasteiger partial charge in [-0.05, 0) is 30.9 Å². The highest BCUT2D eigenvalue weighted by Gasteiger charge is 2.08. The van der Waals surface area contributed by atoms with Crippen LogP contribution in [-0.2, 0) is 6.54 Å². The lowest BCUT2D eigenvalue weighted by molar-refractivity contribution is 0.792. The first-order chi connectivity index (χ1) is 9.36. The molecule has 0 aliphatic rings. The SMILES string of the molecule is CNCc1cnc(Sc2nnc3ccccn23)nc1. The summed E-state index contributed by atoms with van der Waals surface area (Å²) < 4.78 is 1.91. The molecule has 0 radical (unpaired) electrons. The normalized spacial score (nSPS) is 11.0. The van der Waals surface area contributed by atoms with Gasteiger partial charge in [-0.25, -0.2) is 9.97 Å². The third-order valence-electron chi connectivity index (χ3n) is 2.53. The number of rotatable bonds is 4. The molecule has 0 bridgehead atoms. The van der Waals surface area contributed by atoms with E-state index in [9.17, 15) is 0 Å². The largest absolute Gasteiger partial charge is 0.316 e. The number of nitrogens with one attached hydrogen (secondary N) is 1. The van der Waals surface area contributed by atoms with Crippen LogP contribution < -0.4 is 5.32 Å². The van der Waals surface area contributed by atoms with Crippen molar-refractivity contribution < 1.29 is 0 Å². The van der Waals surface area contributed by atoms with Crippen molar-refractivity contribution in [3.8, 4) is 0 Å². The van der Waals surface area contributed by atoms with Gasteiger partial charge in [0.25, 0.3) is 0 Å². The van der Waals surface area contributed by atoms with Crippen molar-refractivity contribution in [3.05, 3.63) is 42.4 Å². The van der Waals surface area contributed by atoms with E-state index in [2.05, 4.69) is 25.5 Å². The Balaban J connectivity index is 1.84. The first-order valence-corrected chi connectivity index (χ1v) is 6.61. The summed E-state index contributed by atoms with van der Waals surface area (Å²) >= 11 is 1.40. The fraction of sp³-hybridized carbons (Fsp3) is 0.167. The maximum Gasteiger partial charge on any atom is 0.203 e. The van der Waals surface area contributed by atoms with Gasteiger partial charge in [0.15, 0.2) is 10.8 Å². The summed E-state index contributed by atoms with van der Waals surface area (Å²) in [6.45, 7) is 0.763. The van der Waals surface area contributed by atoms with E-state index in [1.807, 2.05) is 48.2 Å². The zero-order valence-electron chi connectivity index (χ0n) is 10.3. The first kappa shape index (κ1) is 12.1. The molecule has 0 saturated carbocycles. The Kier molecular flexibility index (Phi) is 3.39. The molecule has 0 aliphatic carbocycles. The molecule has 3 aromatic heterocycles. The van der Waals surface area contributed by atoms with E-state index in [4.69, 9.17) is 0 Å². The Morgan fingerprint density at radius 3 is 2.84 bits per heavy atom. The number of hydrogen-bond acceptors (Lipinski definition) is 6. The fourth-order valence-corrected chi connectivity index (χ4v) is 2.37. The standard InChI is InChI=1S/C12H12N6S/c1-13-6-9-7-14-11(15-8-9)19-12-17-16-10-4-2-3-5-18(10)12/h2-5,7-8,13H,6H2,1H3. The van der Waals surface area contributed by atoms with Crippen LogP contribution in [-0.4, -0.2) is 31.6 Å². The van der Waals surface area contributed by atoms with Gasteiger partial charge >= 0.3 is 0 Å². The van der Waals surface area contributed by atoms with Gasteiger partial charge in [-0.2, -0.15) is 0 Å². The topological polar surface area (TPSA) is 68.0 Å². The van der Waals surface area contributed by atoms with Crippen LogP contribution in [0.25, 0.3) is 5.65 Å². The summed E-state index contributed by atoms with van der Waals surface area (Å²) in [5.41, 5.74) is 1.87. The van der Waals surface area contributed by atoms with Crippen molar-refractivity contribution in [2.24, 2.45) is 0 Å². The van der Waals surface area contributed by atoms with Gasteiger partial charge in [-0.3, -0.25) is 4.40 Å². The molecule has 0 unspecified atom stereocenters. The van der Waals surface area contributed by atoms with Crippen LogP contribution in [0.15, 0.2) is 47.1 Å². The van der Waals surface area contributed by atoms with E-state index < -0.39 is 0 Å². The zero-order chi connectivity index (χ0) is 13.1. The van der Waals surface area contributed by atoms with Crippen LogP contribution in [0.5, 0.6) is 0 Å². The molecule has 0 saturated heterocycles. The van der Waals surface area contributed by atoms with Crippen molar-refractivity contribution in [3.63, 3.8) is 0 Å². The molecule has 6 nitrogen and oxygen atoms in total. The molecule has 0 amide bonds. The van der Waals surface area contributed by atoms with Gasteiger partial charge < -0.3 is 5.32 Å². The van der Waals surface area contributed by atoms with Gasteiger partial charge in [-0.15, -0.1) is 10.2 Å². The van der Waals surface area contributed by atoms with Crippen LogP contribution in [0.4, 0.5) is 0 Å². The van der Waals surface area contributed by atoms with Crippen molar-refractivity contribution in [1.82, 2.24) is 29.9 Å². The van der Waals surface area contributed by atoms with Crippen molar-refractivity contribution in [2.75, 3.05) is 7.05 Å². The summed E-state index contributed by atoms with van der Waals surface area (Å²) in [6.07, 6.45) is 5.55. The van der Waals surface area contributed by atoms with Gasteiger partial charge in [-0.1, -0.05) is 6.07 Å². The van der Waals surface area contributed by atoms with E-state index in [0.717, 1.165) is 22.9 Å². The molecule has 3 heterocycles. The number of pyridine rings is 1. The number of hydrogen-bond donors (Lipinski definition) is 1. The van der Waals surface area contributed by atoms with E-state index in [0.29, 0.717) is 5.16 Å². The summed E-state index contributed by atoms with van der Waals surface area (Å²) in [5, 5.41) is 12.7. The van der Waals surface area contributed by atoms with Crippen LogP contribution in [0, 0.1) is 0 Å².